The molecule has 1 heterocycles. The van der Waals surface area contributed by atoms with Crippen molar-refractivity contribution in [1.82, 2.24) is 0 Å². The molecule has 26 heavy (non-hydrogen) atoms. The highest BCUT2D eigenvalue weighted by atomic mass is 32.1. The van der Waals surface area contributed by atoms with Crippen LogP contribution in [0.4, 0.5) is 5.00 Å². The summed E-state index contributed by atoms with van der Waals surface area (Å²) in [6.45, 7) is 7.23. The van der Waals surface area contributed by atoms with E-state index >= 15 is 0 Å². The van der Waals surface area contributed by atoms with Crippen LogP contribution in [0.15, 0.2) is 12.2 Å². The fourth-order valence-electron chi connectivity index (χ4n) is 3.95. The van der Waals surface area contributed by atoms with Crippen LogP contribution in [0.2, 0.25) is 0 Å². The van der Waals surface area contributed by atoms with Gasteiger partial charge >= 0.3 is 11.9 Å². The van der Waals surface area contributed by atoms with Gasteiger partial charge in [0, 0.05) is 4.88 Å². The van der Waals surface area contributed by atoms with Crippen LogP contribution in [-0.2, 0) is 14.3 Å². The van der Waals surface area contributed by atoms with Gasteiger partial charge in [0.15, 0.2) is 0 Å². The third kappa shape index (κ3) is 3.16. The minimum atomic E-state index is -0.944. The van der Waals surface area contributed by atoms with Gasteiger partial charge in [0.25, 0.3) is 0 Å². The monoisotopic (exact) mass is 377 g/mol. The van der Waals surface area contributed by atoms with E-state index in [4.69, 9.17) is 4.74 Å². The molecule has 7 heteroatoms. The van der Waals surface area contributed by atoms with Crippen LogP contribution in [0.25, 0.3) is 0 Å². The number of aryl methyl sites for hydroxylation is 1. The van der Waals surface area contributed by atoms with Gasteiger partial charge in [-0.3, -0.25) is 9.59 Å². The molecule has 140 valence electrons. The Morgan fingerprint density at radius 3 is 2.38 bits per heavy atom. The van der Waals surface area contributed by atoms with Crippen molar-refractivity contribution < 1.29 is 24.2 Å². The van der Waals surface area contributed by atoms with Crippen molar-refractivity contribution in [2.75, 3.05) is 5.32 Å². The molecule has 3 rings (SSSR count). The predicted octanol–water partition coefficient (Wildman–Crippen LogP) is 3.39. The van der Waals surface area contributed by atoms with Gasteiger partial charge in [-0.05, 0) is 51.5 Å². The normalized spacial score (nSPS) is 26.3. The van der Waals surface area contributed by atoms with Crippen molar-refractivity contribution in [3.05, 3.63) is 28.2 Å². The predicted molar refractivity (Wildman–Crippen MR) is 98.3 cm³/mol. The van der Waals surface area contributed by atoms with E-state index in [-0.39, 0.29) is 23.8 Å². The number of hydrogen-bond donors (Lipinski definition) is 2. The lowest BCUT2D eigenvalue weighted by atomic mass is 9.82. The number of fused-ring (bicyclic) bond motifs is 2. The first-order chi connectivity index (χ1) is 12.2. The van der Waals surface area contributed by atoms with Gasteiger partial charge in [0.2, 0.25) is 5.91 Å². The Kier molecular flexibility index (Phi) is 4.92. The number of ether oxygens (including phenoxy) is 1. The zero-order chi connectivity index (χ0) is 19.2. The molecule has 4 atom stereocenters. The molecule has 0 unspecified atom stereocenters. The summed E-state index contributed by atoms with van der Waals surface area (Å²) in [5.41, 5.74) is 1.14. The molecule has 0 spiro atoms. The Balaban J connectivity index is 1.86. The number of carboxylic acid groups (broad SMARTS) is 1. The summed E-state index contributed by atoms with van der Waals surface area (Å²) in [6.07, 6.45) is 4.27. The molecule has 0 radical (unpaired) electrons. The summed E-state index contributed by atoms with van der Waals surface area (Å²) < 4.78 is 5.30. The highest BCUT2D eigenvalue weighted by Crippen LogP contribution is 2.48. The Bertz CT molecular complexity index is 794. The van der Waals surface area contributed by atoms with Crippen LogP contribution in [0.3, 0.4) is 0 Å². The molecule has 1 saturated carbocycles. The average Bonchev–Trinajstić information content (AvgIpc) is 3.20. The van der Waals surface area contributed by atoms with Gasteiger partial charge in [0.05, 0.1) is 23.5 Å². The quantitative estimate of drug-likeness (QED) is 0.606. The van der Waals surface area contributed by atoms with Crippen LogP contribution in [0, 0.1) is 37.5 Å². The standard InChI is InChI=1S/C19H23NO5S/c1-8(2)25-19(24)13-9(3)10(4)26-17(13)20-16(21)14-11-5-6-12(7-11)15(14)18(22)23/h5-6,8,11-12,14-15H,7H2,1-4H3,(H,20,21)(H,22,23)/t11-,12+,14+,15+/m1/s1. The van der Waals surface area contributed by atoms with E-state index in [1.54, 1.807) is 13.8 Å². The molecule has 6 nitrogen and oxygen atoms in total. The molecule has 2 N–H and O–H groups in total. The van der Waals surface area contributed by atoms with Crippen LogP contribution in [0.1, 0.15) is 41.1 Å². The minimum Gasteiger partial charge on any atom is -0.481 e. The molecule has 1 aromatic heterocycles. The molecule has 0 aromatic carbocycles. The molecular weight excluding hydrogens is 354 g/mol. The maximum absolute atomic E-state index is 12.9. The Hall–Kier alpha value is -2.15. The number of carboxylic acids is 1. The maximum atomic E-state index is 12.9. The average molecular weight is 377 g/mol. The van der Waals surface area contributed by atoms with Gasteiger partial charge in [-0.15, -0.1) is 11.3 Å². The summed E-state index contributed by atoms with van der Waals surface area (Å²) in [7, 11) is 0. The molecule has 1 amide bonds. The van der Waals surface area contributed by atoms with Crippen molar-refractivity contribution in [3.63, 3.8) is 0 Å². The molecule has 2 bridgehead atoms. The van der Waals surface area contributed by atoms with Crippen LogP contribution < -0.4 is 5.32 Å². The number of amides is 1. The van der Waals surface area contributed by atoms with Crippen molar-refractivity contribution in [3.8, 4) is 0 Å². The second-order valence-corrected chi connectivity index (χ2v) is 8.49. The van der Waals surface area contributed by atoms with Crippen molar-refractivity contribution in [1.29, 1.82) is 0 Å². The minimum absolute atomic E-state index is 0.0608. The Morgan fingerprint density at radius 1 is 1.19 bits per heavy atom. The van der Waals surface area contributed by atoms with Gasteiger partial charge < -0.3 is 15.2 Å². The van der Waals surface area contributed by atoms with E-state index in [2.05, 4.69) is 5.32 Å². The van der Waals surface area contributed by atoms with Crippen LogP contribution in [-0.4, -0.2) is 29.1 Å². The number of allylic oxidation sites excluding steroid dienone is 2. The number of carbonyl (C=O) groups is 3. The van der Waals surface area contributed by atoms with Gasteiger partial charge in [-0.2, -0.15) is 0 Å². The fraction of sp³-hybridized carbons (Fsp3) is 0.526. The first-order valence-electron chi connectivity index (χ1n) is 8.73. The molecular formula is C19H23NO5S. The largest absolute Gasteiger partial charge is 0.481 e. The summed E-state index contributed by atoms with van der Waals surface area (Å²) in [5.74, 6) is -3.23. The second kappa shape index (κ2) is 6.87. The number of aliphatic carboxylic acids is 1. The third-order valence-corrected chi connectivity index (χ3v) is 6.34. The summed E-state index contributed by atoms with van der Waals surface area (Å²) in [5, 5.41) is 12.8. The van der Waals surface area contributed by atoms with Gasteiger partial charge in [0.1, 0.15) is 5.00 Å². The van der Waals surface area contributed by atoms with E-state index in [0.29, 0.717) is 17.0 Å². The van der Waals surface area contributed by atoms with Gasteiger partial charge in [-0.25, -0.2) is 4.79 Å². The third-order valence-electron chi connectivity index (χ3n) is 5.22. The molecule has 0 aliphatic heterocycles. The smallest absolute Gasteiger partial charge is 0.341 e. The number of rotatable bonds is 5. The molecule has 2 aliphatic rings. The highest BCUT2D eigenvalue weighted by Gasteiger charge is 2.51. The first kappa shape index (κ1) is 18.6. The Morgan fingerprint density at radius 2 is 1.81 bits per heavy atom. The Labute approximate surface area is 156 Å². The fourth-order valence-corrected chi connectivity index (χ4v) is 5.00. The number of anilines is 1. The maximum Gasteiger partial charge on any atom is 0.341 e. The van der Waals surface area contributed by atoms with E-state index in [0.717, 1.165) is 10.4 Å². The SMILES string of the molecule is Cc1sc(NC(=O)[C@@H]2[C@@H](C(=O)O)[C@H]3C=C[C@@H]2C3)c(C(=O)OC(C)C)c1C. The highest BCUT2D eigenvalue weighted by molar-refractivity contribution is 7.16. The lowest BCUT2D eigenvalue weighted by Crippen LogP contribution is -2.36. The molecule has 0 saturated heterocycles. The number of esters is 1. The number of thiophene rings is 1. The summed E-state index contributed by atoms with van der Waals surface area (Å²) in [4.78, 5) is 37.9. The summed E-state index contributed by atoms with van der Waals surface area (Å²) >= 11 is 1.31. The topological polar surface area (TPSA) is 92.7 Å². The summed E-state index contributed by atoms with van der Waals surface area (Å²) in [6, 6.07) is 0. The van der Waals surface area contributed by atoms with E-state index in [9.17, 15) is 19.5 Å². The van der Waals surface area contributed by atoms with Crippen molar-refractivity contribution in [2.45, 2.75) is 40.2 Å². The molecule has 1 fully saturated rings. The van der Waals surface area contributed by atoms with Crippen LogP contribution >= 0.6 is 11.3 Å². The number of nitrogens with one attached hydrogen (secondary N) is 1. The first-order valence-corrected chi connectivity index (χ1v) is 9.55. The second-order valence-electron chi connectivity index (χ2n) is 7.27. The number of hydrogen-bond acceptors (Lipinski definition) is 5. The van der Waals surface area contributed by atoms with E-state index in [1.165, 1.54) is 11.3 Å². The lowest BCUT2D eigenvalue weighted by molar-refractivity contribution is -0.146. The van der Waals surface area contributed by atoms with E-state index in [1.807, 2.05) is 26.0 Å². The van der Waals surface area contributed by atoms with E-state index < -0.39 is 23.8 Å². The van der Waals surface area contributed by atoms with Crippen molar-refractivity contribution >= 4 is 34.2 Å². The number of carbonyl (C=O) groups excluding carboxylic acids is 2. The zero-order valence-electron chi connectivity index (χ0n) is 15.2. The van der Waals surface area contributed by atoms with Crippen LogP contribution in [0.5, 0.6) is 0 Å². The van der Waals surface area contributed by atoms with Crippen molar-refractivity contribution in [2.24, 2.45) is 23.7 Å². The lowest BCUT2D eigenvalue weighted by Gasteiger charge is -2.23. The zero-order valence-corrected chi connectivity index (χ0v) is 16.1. The van der Waals surface area contributed by atoms with Gasteiger partial charge in [-0.1, -0.05) is 12.2 Å². The molecule has 2 aliphatic carbocycles. The molecule has 1 aromatic rings.